The van der Waals surface area contributed by atoms with E-state index in [2.05, 4.69) is 0 Å². The zero-order chi connectivity index (χ0) is 0. The van der Waals surface area contributed by atoms with Gasteiger partial charge < -0.3 is 54.8 Å². The first-order valence-corrected chi connectivity index (χ1v) is 0. The van der Waals surface area contributed by atoms with Crippen LogP contribution in [0.1, 0.15) is 0 Å². The first-order chi connectivity index (χ1) is 0. The van der Waals surface area contributed by atoms with Crippen molar-refractivity contribution >= 4 is 0 Å². The van der Waals surface area contributed by atoms with Gasteiger partial charge in [-0.3, -0.25) is 0 Å². The molecule has 13 heavy (non-hydrogen) atoms. The van der Waals surface area contributed by atoms with Crippen molar-refractivity contribution in [2.24, 2.45) is 0 Å². The Morgan fingerprint density at radius 3 is 0.308 bits per heavy atom. The van der Waals surface area contributed by atoms with Crippen LogP contribution in [-0.2, 0) is 26.2 Å². The van der Waals surface area contributed by atoms with Gasteiger partial charge >= 0.3 is 109 Å². The zero-order valence-electron chi connectivity index (χ0n) is 6.05. The van der Waals surface area contributed by atoms with E-state index in [0.29, 0.717) is 0 Å². The molecule has 0 amide bonds. The molecule has 81 valence electrons. The largest absolute Gasteiger partial charge is 4.00 e. The van der Waals surface area contributed by atoms with Crippen LogP contribution in [0.3, 0.4) is 0 Å². The molecule has 0 saturated carbocycles. The van der Waals surface area contributed by atoms with Crippen LogP contribution < -0.4 is 0 Å². The minimum Gasteiger partial charge on any atom is -0.870 e. The summed E-state index contributed by atoms with van der Waals surface area (Å²) in [6.07, 6.45) is 0. The molecule has 0 aliphatic carbocycles. The minimum absolute atomic E-state index is 0. The second-order valence-electron chi connectivity index (χ2n) is 0. The van der Waals surface area contributed by atoms with Crippen LogP contribution in [0.4, 0.5) is 0 Å². The molecule has 0 unspecified atom stereocenters. The molecule has 0 aromatic heterocycles. The topological polar surface area (TPSA) is 300 Å². The Bertz CT molecular complexity index is 14.9. The van der Waals surface area contributed by atoms with Crippen molar-refractivity contribution in [1.29, 1.82) is 0 Å². The summed E-state index contributed by atoms with van der Waals surface area (Å²) in [5.41, 5.74) is 0. The Hall–Kier alpha value is 3.22. The van der Waals surface area contributed by atoms with Crippen molar-refractivity contribution in [3.05, 3.63) is 0 Å². The summed E-state index contributed by atoms with van der Waals surface area (Å²) in [7, 11) is 0. The van der Waals surface area contributed by atoms with Gasteiger partial charge in [0.25, 0.3) is 0 Å². The summed E-state index contributed by atoms with van der Waals surface area (Å²) in [5.74, 6) is 0. The van der Waals surface area contributed by atoms with Crippen LogP contribution in [0, 0.1) is 83.0 Å². The van der Waals surface area contributed by atoms with E-state index in [0.717, 1.165) is 0 Å². The molecule has 0 fully saturated rings. The SMILES string of the molecule is [Ce+3].[OH-].[OH-].[OH-].[OH-].[OH-].[OH-].[OH-].[OH-].[OH-].[OH-].[Pr+3].[Zr+4]. The second kappa shape index (κ2) is 296. The van der Waals surface area contributed by atoms with E-state index in [1.54, 1.807) is 0 Å². The van der Waals surface area contributed by atoms with E-state index < -0.39 is 0 Å². The summed E-state index contributed by atoms with van der Waals surface area (Å²) >= 11 is 0. The Morgan fingerprint density at radius 1 is 0.308 bits per heavy atom. The van der Waals surface area contributed by atoms with Crippen molar-refractivity contribution in [3.8, 4) is 0 Å². The van der Waals surface area contributed by atoms with E-state index in [9.17, 15) is 0 Å². The summed E-state index contributed by atoms with van der Waals surface area (Å²) < 4.78 is 0. The van der Waals surface area contributed by atoms with Crippen LogP contribution in [0.15, 0.2) is 0 Å². The Morgan fingerprint density at radius 2 is 0.308 bits per heavy atom. The standard InChI is InChI=1S/Ce.10H2O.Pr.Zr/h;10*1H2;;/q+3;;;;;;;;;;;+3;+4/p-10. The number of rotatable bonds is 0. The van der Waals surface area contributed by atoms with E-state index in [-0.39, 0.29) is 164 Å². The van der Waals surface area contributed by atoms with Gasteiger partial charge in [-0.15, -0.1) is 0 Å². The van der Waals surface area contributed by atoms with E-state index in [4.69, 9.17) is 0 Å². The number of hydrogen-bond acceptors (Lipinski definition) is 10. The fraction of sp³-hybridized carbons (Fsp3) is 0. The predicted molar refractivity (Wildman–Crippen MR) is 19.4 cm³/mol. The molecule has 0 aromatic carbocycles. The van der Waals surface area contributed by atoms with Gasteiger partial charge in [-0.2, -0.15) is 0 Å². The second-order valence-corrected chi connectivity index (χ2v) is 0. The molecule has 0 saturated heterocycles. The number of hydrogen-bond donors (Lipinski definition) is 0. The minimum atomic E-state index is 0. The zero-order valence-corrected chi connectivity index (χ0v) is 15.4. The molecule has 13 heteroatoms. The van der Waals surface area contributed by atoms with Crippen LogP contribution in [-0.4, -0.2) is 54.8 Å². The van der Waals surface area contributed by atoms with Gasteiger partial charge in [0.2, 0.25) is 0 Å². The van der Waals surface area contributed by atoms with Crippen molar-refractivity contribution in [2.45, 2.75) is 0 Å². The normalized spacial score (nSPS) is 0. The van der Waals surface area contributed by atoms with Gasteiger partial charge in [-0.1, -0.05) is 0 Å². The first-order valence-electron chi connectivity index (χ1n) is 0. The molecular formula is H10CeO10PrZr. The van der Waals surface area contributed by atoms with Gasteiger partial charge in [0.1, 0.15) is 0 Å². The fourth-order valence-corrected chi connectivity index (χ4v) is 0. The van der Waals surface area contributed by atoms with Gasteiger partial charge in [0.15, 0.2) is 0 Å². The molecule has 0 aromatic rings. The predicted octanol–water partition coefficient (Wildman–Crippen LogP) is -1.77. The Balaban J connectivity index is 0. The molecule has 0 rings (SSSR count). The average Bonchev–Trinajstić information content (AvgIpc) is 0. The third-order valence-corrected chi connectivity index (χ3v) is 0. The van der Waals surface area contributed by atoms with Crippen LogP contribution in [0.5, 0.6) is 0 Å². The monoisotopic (exact) mass is 541 g/mol. The third kappa shape index (κ3) is 256. The van der Waals surface area contributed by atoms with Crippen molar-refractivity contribution < 1.29 is 164 Å². The maximum atomic E-state index is 0. The maximum Gasteiger partial charge on any atom is 4.00 e. The maximum absolute atomic E-state index is 0. The molecule has 10 nitrogen and oxygen atoms in total. The van der Waals surface area contributed by atoms with Gasteiger partial charge in [0, 0.05) is 0 Å². The molecule has 0 aliphatic rings. The Kier molecular flexibility index (Phi) is 8250. The van der Waals surface area contributed by atoms with Gasteiger partial charge in [-0.25, -0.2) is 0 Å². The molecule has 0 spiro atoms. The summed E-state index contributed by atoms with van der Waals surface area (Å²) in [6.45, 7) is 0. The first kappa shape index (κ1) is 362. The van der Waals surface area contributed by atoms with Crippen molar-refractivity contribution in [2.75, 3.05) is 0 Å². The van der Waals surface area contributed by atoms with Crippen molar-refractivity contribution in [3.63, 3.8) is 0 Å². The van der Waals surface area contributed by atoms with Gasteiger partial charge in [0.05, 0.1) is 0 Å². The average molecular weight is 542 g/mol. The molecular weight excluding hydrogens is 532 g/mol. The summed E-state index contributed by atoms with van der Waals surface area (Å²) in [5, 5.41) is 0. The molecule has 0 heterocycles. The van der Waals surface area contributed by atoms with Crippen LogP contribution in [0.2, 0.25) is 0 Å². The van der Waals surface area contributed by atoms with Gasteiger partial charge in [-0.05, 0) is 0 Å². The quantitative estimate of drug-likeness (QED) is 0.331. The third-order valence-electron chi connectivity index (χ3n) is 0. The van der Waals surface area contributed by atoms with Crippen LogP contribution >= 0.6 is 0 Å². The molecule has 1 radical (unpaired) electrons. The molecule has 0 aliphatic heterocycles. The van der Waals surface area contributed by atoms with E-state index in [1.807, 2.05) is 0 Å². The smallest absolute Gasteiger partial charge is 0.870 e. The van der Waals surface area contributed by atoms with E-state index in [1.165, 1.54) is 0 Å². The summed E-state index contributed by atoms with van der Waals surface area (Å²) in [4.78, 5) is 0. The van der Waals surface area contributed by atoms with E-state index >= 15 is 0 Å². The molecule has 0 bridgehead atoms. The molecule has 0 atom stereocenters. The summed E-state index contributed by atoms with van der Waals surface area (Å²) in [6, 6.07) is 0. The van der Waals surface area contributed by atoms with Crippen molar-refractivity contribution in [1.82, 2.24) is 0 Å². The van der Waals surface area contributed by atoms with Crippen LogP contribution in [0.25, 0.3) is 0 Å². The molecule has 10 N–H and O–H groups in total. The Labute approximate surface area is 161 Å². The fourth-order valence-electron chi connectivity index (χ4n) is 0.